The van der Waals surface area contributed by atoms with Crippen LogP contribution in [0.25, 0.3) is 0 Å². The highest BCUT2D eigenvalue weighted by Gasteiger charge is 2.01. The molecular formula is C11H25NOS. The van der Waals surface area contributed by atoms with Gasteiger partial charge in [0.2, 0.25) is 0 Å². The summed E-state index contributed by atoms with van der Waals surface area (Å²) in [6.07, 6.45) is 4.72. The topological polar surface area (TPSA) is 29.1 Å². The molecule has 0 bridgehead atoms. The van der Waals surface area contributed by atoms with Crippen LogP contribution in [0.2, 0.25) is 0 Å². The van der Waals surface area contributed by atoms with Crippen molar-refractivity contribution in [3.63, 3.8) is 0 Å². The molecule has 3 heteroatoms. The normalized spacial score (nSPS) is 15.4. The van der Waals surface area contributed by atoms with Crippen molar-refractivity contribution in [2.75, 3.05) is 18.1 Å². The number of nitrogens with one attached hydrogen (secondary N) is 1. The molecule has 14 heavy (non-hydrogen) atoms. The average molecular weight is 219 g/mol. The first-order valence-corrected chi connectivity index (χ1v) is 7.27. The second kappa shape index (κ2) is 9.66. The van der Waals surface area contributed by atoms with Crippen molar-refractivity contribution in [3.8, 4) is 0 Å². The molecule has 0 fully saturated rings. The summed E-state index contributed by atoms with van der Waals surface area (Å²) in [7, 11) is -0.567. The second-order valence-electron chi connectivity index (χ2n) is 3.78. The molecule has 86 valence electrons. The van der Waals surface area contributed by atoms with Gasteiger partial charge in [-0.2, -0.15) is 0 Å². The molecule has 0 aromatic heterocycles. The quantitative estimate of drug-likeness (QED) is 0.603. The van der Waals surface area contributed by atoms with E-state index in [1.54, 1.807) is 0 Å². The second-order valence-corrected chi connectivity index (χ2v) is 5.65. The third-order valence-corrected chi connectivity index (χ3v) is 3.71. The minimum Gasteiger partial charge on any atom is -0.314 e. The van der Waals surface area contributed by atoms with Crippen LogP contribution < -0.4 is 5.32 Å². The van der Waals surface area contributed by atoms with Crippen molar-refractivity contribution in [3.05, 3.63) is 0 Å². The smallest absolute Gasteiger partial charge is 0.0234 e. The minimum absolute atomic E-state index is 0.567. The predicted molar refractivity (Wildman–Crippen MR) is 65.2 cm³/mol. The molecule has 2 unspecified atom stereocenters. The van der Waals surface area contributed by atoms with Crippen molar-refractivity contribution in [2.45, 2.75) is 52.5 Å². The van der Waals surface area contributed by atoms with Crippen molar-refractivity contribution < 1.29 is 4.21 Å². The van der Waals surface area contributed by atoms with E-state index in [1.165, 1.54) is 19.3 Å². The van der Waals surface area contributed by atoms with Crippen LogP contribution in [0.5, 0.6) is 0 Å². The lowest BCUT2D eigenvalue weighted by molar-refractivity contribution is 0.495. The van der Waals surface area contributed by atoms with Crippen molar-refractivity contribution in [1.82, 2.24) is 5.32 Å². The number of unbranched alkanes of at least 4 members (excludes halogenated alkanes) is 1. The van der Waals surface area contributed by atoms with Crippen molar-refractivity contribution in [1.29, 1.82) is 0 Å². The molecule has 0 aliphatic carbocycles. The van der Waals surface area contributed by atoms with Crippen molar-refractivity contribution >= 4 is 10.8 Å². The maximum absolute atomic E-state index is 11.1. The molecule has 0 rings (SSSR count). The van der Waals surface area contributed by atoms with Crippen LogP contribution in [0.4, 0.5) is 0 Å². The van der Waals surface area contributed by atoms with Crippen LogP contribution in [-0.2, 0) is 10.8 Å². The molecule has 2 atom stereocenters. The van der Waals surface area contributed by atoms with Gasteiger partial charge in [0, 0.05) is 28.3 Å². The van der Waals surface area contributed by atoms with Gasteiger partial charge in [0.05, 0.1) is 0 Å². The predicted octanol–water partition coefficient (Wildman–Crippen LogP) is 2.31. The monoisotopic (exact) mass is 219 g/mol. The zero-order valence-electron chi connectivity index (χ0n) is 9.84. The molecule has 0 aliphatic rings. The molecule has 2 nitrogen and oxygen atoms in total. The molecule has 0 aliphatic heterocycles. The third kappa shape index (κ3) is 8.70. The fraction of sp³-hybridized carbons (Fsp3) is 1.00. The molecule has 0 amide bonds. The van der Waals surface area contributed by atoms with Crippen LogP contribution in [-0.4, -0.2) is 28.3 Å². The third-order valence-electron chi connectivity index (χ3n) is 2.32. The molecule has 0 aromatic rings. The molecule has 0 radical (unpaired) electrons. The van der Waals surface area contributed by atoms with Gasteiger partial charge in [-0.3, -0.25) is 4.21 Å². The fourth-order valence-electron chi connectivity index (χ4n) is 1.35. The largest absolute Gasteiger partial charge is 0.314 e. The first-order valence-electron chi connectivity index (χ1n) is 5.79. The maximum Gasteiger partial charge on any atom is 0.0234 e. The molecule has 0 saturated heterocycles. The summed E-state index contributed by atoms with van der Waals surface area (Å²) in [5.74, 6) is 1.70. The fourth-order valence-corrected chi connectivity index (χ4v) is 2.17. The van der Waals surface area contributed by atoms with E-state index >= 15 is 0 Å². The Morgan fingerprint density at radius 3 is 2.57 bits per heavy atom. The van der Waals surface area contributed by atoms with Crippen LogP contribution in [0.15, 0.2) is 0 Å². The van der Waals surface area contributed by atoms with Crippen LogP contribution in [0, 0.1) is 0 Å². The van der Waals surface area contributed by atoms with Crippen LogP contribution in [0.3, 0.4) is 0 Å². The Labute approximate surface area is 91.3 Å². The van der Waals surface area contributed by atoms with Gasteiger partial charge in [0.1, 0.15) is 0 Å². The highest BCUT2D eigenvalue weighted by molar-refractivity contribution is 7.84. The standard InChI is InChI=1S/C11H25NOS/c1-4-9-12-11(3)8-6-7-10-14(13)5-2/h11-12H,4-10H2,1-3H3. The Balaban J connectivity index is 3.22. The van der Waals surface area contributed by atoms with E-state index in [0.717, 1.165) is 24.5 Å². The van der Waals surface area contributed by atoms with E-state index in [9.17, 15) is 4.21 Å². The Hall–Kier alpha value is 0.110. The van der Waals surface area contributed by atoms with Crippen LogP contribution >= 0.6 is 0 Å². The summed E-state index contributed by atoms with van der Waals surface area (Å²) >= 11 is 0. The number of hydrogen-bond acceptors (Lipinski definition) is 2. The van der Waals surface area contributed by atoms with Gasteiger partial charge in [-0.1, -0.05) is 20.3 Å². The van der Waals surface area contributed by atoms with Gasteiger partial charge in [-0.15, -0.1) is 0 Å². The van der Waals surface area contributed by atoms with E-state index in [-0.39, 0.29) is 0 Å². The zero-order chi connectivity index (χ0) is 10.8. The molecule has 1 N–H and O–H groups in total. The zero-order valence-corrected chi connectivity index (χ0v) is 10.7. The Kier molecular flexibility index (Phi) is 9.73. The molecular weight excluding hydrogens is 194 g/mol. The van der Waals surface area contributed by atoms with Gasteiger partial charge in [-0.25, -0.2) is 0 Å². The van der Waals surface area contributed by atoms with Gasteiger partial charge >= 0.3 is 0 Å². The number of rotatable bonds is 9. The Morgan fingerprint density at radius 2 is 2.00 bits per heavy atom. The first kappa shape index (κ1) is 14.1. The van der Waals surface area contributed by atoms with E-state index in [1.807, 2.05) is 6.92 Å². The summed E-state index contributed by atoms with van der Waals surface area (Å²) in [4.78, 5) is 0. The van der Waals surface area contributed by atoms with E-state index in [2.05, 4.69) is 19.2 Å². The lowest BCUT2D eigenvalue weighted by atomic mass is 10.1. The molecule has 0 aromatic carbocycles. The lowest BCUT2D eigenvalue weighted by Gasteiger charge is -2.12. The maximum atomic E-state index is 11.1. The molecule has 0 heterocycles. The summed E-state index contributed by atoms with van der Waals surface area (Å²) in [6, 6.07) is 0.616. The number of hydrogen-bond donors (Lipinski definition) is 1. The Bertz CT molecular complexity index is 150. The average Bonchev–Trinajstić information content (AvgIpc) is 2.21. The summed E-state index contributed by atoms with van der Waals surface area (Å²) in [6.45, 7) is 7.51. The van der Waals surface area contributed by atoms with Gasteiger partial charge in [0.15, 0.2) is 0 Å². The summed E-state index contributed by atoms with van der Waals surface area (Å²) in [5.41, 5.74) is 0. The van der Waals surface area contributed by atoms with Crippen LogP contribution in [0.1, 0.15) is 46.5 Å². The molecule has 0 saturated carbocycles. The first-order chi connectivity index (χ1) is 6.70. The van der Waals surface area contributed by atoms with Gasteiger partial charge in [-0.05, 0) is 32.7 Å². The van der Waals surface area contributed by atoms with E-state index in [4.69, 9.17) is 0 Å². The lowest BCUT2D eigenvalue weighted by Crippen LogP contribution is -2.26. The summed E-state index contributed by atoms with van der Waals surface area (Å²) in [5, 5.41) is 3.46. The summed E-state index contributed by atoms with van der Waals surface area (Å²) < 4.78 is 11.1. The SMILES string of the molecule is CCCNC(C)CCCCS(=O)CC. The highest BCUT2D eigenvalue weighted by Crippen LogP contribution is 2.01. The van der Waals surface area contributed by atoms with Gasteiger partial charge in [0.25, 0.3) is 0 Å². The van der Waals surface area contributed by atoms with Gasteiger partial charge < -0.3 is 5.32 Å². The van der Waals surface area contributed by atoms with E-state index in [0.29, 0.717) is 6.04 Å². The van der Waals surface area contributed by atoms with E-state index < -0.39 is 10.8 Å². The molecule has 0 spiro atoms. The van der Waals surface area contributed by atoms with Crippen molar-refractivity contribution in [2.24, 2.45) is 0 Å². The minimum atomic E-state index is -0.567. The Morgan fingerprint density at radius 1 is 1.29 bits per heavy atom. The highest BCUT2D eigenvalue weighted by atomic mass is 32.2.